The van der Waals surface area contributed by atoms with E-state index in [1.807, 2.05) is 20.8 Å². The second-order valence-electron chi connectivity index (χ2n) is 6.56. The minimum atomic E-state index is -0.782. The van der Waals surface area contributed by atoms with Crippen LogP contribution in [0.5, 0.6) is 0 Å². The molecule has 0 saturated heterocycles. The maximum absolute atomic E-state index is 12.9. The highest BCUT2D eigenvalue weighted by Crippen LogP contribution is 2.60. The summed E-state index contributed by atoms with van der Waals surface area (Å²) < 4.78 is 18.5. The molecule has 0 bridgehead atoms. The summed E-state index contributed by atoms with van der Waals surface area (Å²) in [7, 11) is 0. The van der Waals surface area contributed by atoms with Crippen molar-refractivity contribution in [1.29, 1.82) is 0 Å². The molecule has 0 radical (unpaired) electrons. The first kappa shape index (κ1) is 16.8. The molecule has 0 N–H and O–H groups in total. The van der Waals surface area contributed by atoms with E-state index in [2.05, 4.69) is 12.5 Å². The minimum Gasteiger partial charge on any atom is -0.457 e. The van der Waals surface area contributed by atoms with Gasteiger partial charge >= 0.3 is 5.97 Å². The monoisotopic (exact) mass is 322 g/mol. The van der Waals surface area contributed by atoms with Crippen LogP contribution in [0.1, 0.15) is 33.6 Å². The van der Waals surface area contributed by atoms with Gasteiger partial charge in [0.1, 0.15) is 6.10 Å². The second-order valence-corrected chi connectivity index (χ2v) is 6.92. The topological polar surface area (TPSA) is 26.3 Å². The van der Waals surface area contributed by atoms with E-state index in [-0.39, 0.29) is 29.3 Å². The van der Waals surface area contributed by atoms with Crippen LogP contribution in [0.3, 0.4) is 0 Å². The third-order valence-electron chi connectivity index (χ3n) is 4.82. The number of carbonyl (C=O) groups is 1. The quantitative estimate of drug-likeness (QED) is 0.562. The molecule has 0 unspecified atom stereocenters. The van der Waals surface area contributed by atoms with Crippen LogP contribution in [0, 0.1) is 29.6 Å². The molecule has 3 atom stereocenters. The fourth-order valence-corrected chi connectivity index (χ4v) is 3.39. The summed E-state index contributed by atoms with van der Waals surface area (Å²) in [6, 6.07) is 0. The predicted octanol–water partition coefficient (Wildman–Crippen LogP) is 4.52. The van der Waals surface area contributed by atoms with Gasteiger partial charge in [-0.2, -0.15) is 4.39 Å². The van der Waals surface area contributed by atoms with Crippen molar-refractivity contribution >= 4 is 17.6 Å². The first-order valence-electron chi connectivity index (χ1n) is 7.24. The van der Waals surface area contributed by atoms with Crippen molar-refractivity contribution in [2.75, 3.05) is 0 Å². The third-order valence-corrected chi connectivity index (χ3v) is 4.95. The van der Waals surface area contributed by atoms with Crippen molar-refractivity contribution in [3.63, 3.8) is 0 Å². The number of ether oxygens (including phenoxy) is 1. The first-order chi connectivity index (χ1) is 10.2. The Morgan fingerprint density at radius 3 is 2.82 bits per heavy atom. The zero-order valence-corrected chi connectivity index (χ0v) is 13.8. The minimum absolute atomic E-state index is 0.225. The summed E-state index contributed by atoms with van der Waals surface area (Å²) in [6.45, 7) is 9.70. The number of carbonyl (C=O) groups excluding carboxylic acids is 1. The van der Waals surface area contributed by atoms with Gasteiger partial charge in [-0.05, 0) is 35.1 Å². The standard InChI is InChI=1S/C18H20ClFO2/c1-6-7-12-10(2)8-14(11(12)3)22-17(21)16-13(9-15(19)20)18(16,4)5/h1,9,13-14,16H,2,7-8H2,3-5H3/t13-,14+,16+/m1/s1. The largest absolute Gasteiger partial charge is 0.457 e. The van der Waals surface area contributed by atoms with E-state index in [0.717, 1.165) is 16.7 Å². The molecule has 2 rings (SSSR count). The molecule has 0 spiro atoms. The van der Waals surface area contributed by atoms with Crippen LogP contribution in [0.2, 0.25) is 0 Å². The van der Waals surface area contributed by atoms with Crippen LogP contribution in [0.15, 0.2) is 34.7 Å². The Bertz CT molecular complexity index is 617. The Kier molecular flexibility index (Phi) is 4.54. The van der Waals surface area contributed by atoms with Crippen LogP contribution >= 0.6 is 11.6 Å². The molecule has 2 nitrogen and oxygen atoms in total. The van der Waals surface area contributed by atoms with Crippen LogP contribution in [0.4, 0.5) is 4.39 Å². The molecule has 2 aliphatic carbocycles. The van der Waals surface area contributed by atoms with Gasteiger partial charge in [-0.3, -0.25) is 4.79 Å². The summed E-state index contributed by atoms with van der Waals surface area (Å²) in [6.07, 6.45) is 7.39. The second kappa shape index (κ2) is 5.93. The van der Waals surface area contributed by atoms with E-state index >= 15 is 0 Å². The van der Waals surface area contributed by atoms with Gasteiger partial charge in [-0.25, -0.2) is 0 Å². The van der Waals surface area contributed by atoms with Gasteiger partial charge < -0.3 is 4.74 Å². The summed E-state index contributed by atoms with van der Waals surface area (Å²) in [5, 5.41) is -0.782. The molecule has 0 aromatic heterocycles. The number of hydrogen-bond acceptors (Lipinski definition) is 2. The number of rotatable bonds is 4. The molecule has 4 heteroatoms. The maximum Gasteiger partial charge on any atom is 0.310 e. The number of allylic oxidation sites excluding steroid dienone is 2. The number of esters is 1. The number of hydrogen-bond donors (Lipinski definition) is 0. The van der Waals surface area contributed by atoms with Crippen LogP contribution < -0.4 is 0 Å². The lowest BCUT2D eigenvalue weighted by Gasteiger charge is -2.14. The molecule has 1 saturated carbocycles. The fourth-order valence-electron chi connectivity index (χ4n) is 3.26. The van der Waals surface area contributed by atoms with Crippen molar-refractivity contribution in [3.05, 3.63) is 34.7 Å². The normalized spacial score (nSPS) is 30.3. The van der Waals surface area contributed by atoms with Gasteiger partial charge in [0.25, 0.3) is 0 Å². The van der Waals surface area contributed by atoms with Crippen molar-refractivity contribution < 1.29 is 13.9 Å². The van der Waals surface area contributed by atoms with E-state index in [9.17, 15) is 9.18 Å². The lowest BCUT2D eigenvalue weighted by molar-refractivity contribution is -0.149. The van der Waals surface area contributed by atoms with E-state index in [1.54, 1.807) is 0 Å². The van der Waals surface area contributed by atoms with E-state index in [4.69, 9.17) is 22.8 Å². The highest BCUT2D eigenvalue weighted by atomic mass is 35.5. The lowest BCUT2D eigenvalue weighted by atomic mass is 10.1. The zero-order chi connectivity index (χ0) is 16.7. The van der Waals surface area contributed by atoms with Gasteiger partial charge in [0.2, 0.25) is 0 Å². The van der Waals surface area contributed by atoms with Crippen molar-refractivity contribution in [1.82, 2.24) is 0 Å². The molecule has 22 heavy (non-hydrogen) atoms. The Balaban J connectivity index is 2.07. The summed E-state index contributed by atoms with van der Waals surface area (Å²) in [4.78, 5) is 12.4. The number of terminal acetylenes is 1. The third kappa shape index (κ3) is 2.98. The molecule has 1 fully saturated rings. The van der Waals surface area contributed by atoms with Crippen molar-refractivity contribution in [3.8, 4) is 12.3 Å². The fraction of sp³-hybridized carbons (Fsp3) is 0.500. The first-order valence-corrected chi connectivity index (χ1v) is 7.62. The van der Waals surface area contributed by atoms with E-state index in [0.29, 0.717) is 12.8 Å². The molecule has 118 valence electrons. The molecule has 0 amide bonds. The van der Waals surface area contributed by atoms with Gasteiger partial charge in [0, 0.05) is 18.8 Å². The summed E-state index contributed by atoms with van der Waals surface area (Å²) in [5.41, 5.74) is 2.55. The predicted molar refractivity (Wildman–Crippen MR) is 85.6 cm³/mol. The number of halogens is 2. The van der Waals surface area contributed by atoms with Gasteiger partial charge in [0.05, 0.1) is 5.92 Å². The summed E-state index contributed by atoms with van der Waals surface area (Å²) in [5.74, 6) is 1.69. The molecular formula is C18H20ClFO2. The van der Waals surface area contributed by atoms with Crippen LogP contribution in [0.25, 0.3) is 0 Å². The molecule has 0 aliphatic heterocycles. The Hall–Kier alpha value is -1.53. The Morgan fingerprint density at radius 2 is 2.27 bits per heavy atom. The van der Waals surface area contributed by atoms with Gasteiger partial charge in [0.15, 0.2) is 5.29 Å². The van der Waals surface area contributed by atoms with Crippen LogP contribution in [-0.2, 0) is 9.53 Å². The molecular weight excluding hydrogens is 303 g/mol. The summed E-state index contributed by atoms with van der Waals surface area (Å²) >= 11 is 5.28. The lowest BCUT2D eigenvalue weighted by Crippen LogP contribution is -2.20. The van der Waals surface area contributed by atoms with Crippen LogP contribution in [-0.4, -0.2) is 12.1 Å². The average Bonchev–Trinajstić information content (AvgIpc) is 2.83. The molecule has 0 heterocycles. The van der Waals surface area contributed by atoms with E-state index < -0.39 is 5.29 Å². The smallest absolute Gasteiger partial charge is 0.310 e. The highest BCUT2D eigenvalue weighted by molar-refractivity contribution is 6.28. The van der Waals surface area contributed by atoms with Gasteiger partial charge in [-0.15, -0.1) is 12.3 Å². The molecule has 0 aromatic carbocycles. The Morgan fingerprint density at radius 1 is 1.64 bits per heavy atom. The van der Waals surface area contributed by atoms with E-state index in [1.165, 1.54) is 6.08 Å². The molecule has 0 aromatic rings. The average molecular weight is 323 g/mol. The zero-order valence-electron chi connectivity index (χ0n) is 13.1. The SMILES string of the molecule is C#CCC1=C(C)[C@@H](OC(=O)[C@@H]2[C@@H](C=C(F)Cl)C2(C)C)CC1=C. The van der Waals surface area contributed by atoms with Crippen molar-refractivity contribution in [2.24, 2.45) is 17.3 Å². The molecule has 2 aliphatic rings. The van der Waals surface area contributed by atoms with Crippen molar-refractivity contribution in [2.45, 2.75) is 39.7 Å². The highest BCUT2D eigenvalue weighted by Gasteiger charge is 2.62. The maximum atomic E-state index is 12.9. The van der Waals surface area contributed by atoms with Gasteiger partial charge in [-0.1, -0.05) is 32.0 Å². The Labute approximate surface area is 136 Å².